The maximum Gasteiger partial charge on any atom is 0.00276 e. The predicted octanol–water partition coefficient (Wildman–Crippen LogP) is 1.36. The first-order valence-electron chi connectivity index (χ1n) is 4.21. The van der Waals surface area contributed by atoms with Crippen molar-refractivity contribution in [3.8, 4) is 0 Å². The zero-order chi connectivity index (χ0) is 8.69. The Bertz CT molecular complexity index is 119. The minimum absolute atomic E-state index is 0.676. The quantitative estimate of drug-likeness (QED) is 0.628. The van der Waals surface area contributed by atoms with E-state index in [4.69, 9.17) is 0 Å². The van der Waals surface area contributed by atoms with E-state index in [-0.39, 0.29) is 0 Å². The van der Waals surface area contributed by atoms with Gasteiger partial charge in [-0.1, -0.05) is 12.5 Å². The van der Waals surface area contributed by atoms with Crippen molar-refractivity contribution < 1.29 is 0 Å². The second-order valence-corrected chi connectivity index (χ2v) is 2.97. The Morgan fingerprint density at radius 3 is 2.55 bits per heavy atom. The first-order chi connectivity index (χ1) is 5.22. The third kappa shape index (κ3) is 4.85. The van der Waals surface area contributed by atoms with Gasteiger partial charge in [0.1, 0.15) is 0 Å². The van der Waals surface area contributed by atoms with E-state index >= 15 is 0 Å². The monoisotopic (exact) mass is 156 g/mol. The lowest BCUT2D eigenvalue weighted by atomic mass is 10.0. The molecule has 0 aromatic heterocycles. The summed E-state index contributed by atoms with van der Waals surface area (Å²) >= 11 is 0. The highest BCUT2D eigenvalue weighted by atomic mass is 14.8. The largest absolute Gasteiger partial charge is 0.394 e. The average molecular weight is 156 g/mol. The molecule has 0 aliphatic rings. The van der Waals surface area contributed by atoms with Gasteiger partial charge in [0.15, 0.2) is 0 Å². The molecule has 0 rings (SSSR count). The summed E-state index contributed by atoms with van der Waals surface area (Å²) in [7, 11) is 3.93. The van der Waals surface area contributed by atoms with Crippen molar-refractivity contribution in [2.24, 2.45) is 5.92 Å². The number of allylic oxidation sites excluding steroid dienone is 1. The molecule has 2 N–H and O–H groups in total. The number of rotatable bonds is 5. The molecule has 0 heterocycles. The lowest BCUT2D eigenvalue weighted by Crippen LogP contribution is -2.12. The summed E-state index contributed by atoms with van der Waals surface area (Å²) in [5.41, 5.74) is 1.42. The van der Waals surface area contributed by atoms with E-state index < -0.39 is 0 Å². The van der Waals surface area contributed by atoms with E-state index in [0.717, 1.165) is 6.54 Å². The van der Waals surface area contributed by atoms with Gasteiger partial charge in [-0.2, -0.15) is 0 Å². The first kappa shape index (κ1) is 10.5. The molecule has 0 radical (unpaired) electrons. The molecule has 0 aromatic carbocycles. The van der Waals surface area contributed by atoms with Crippen LogP contribution in [0, 0.1) is 5.92 Å². The summed E-state index contributed by atoms with van der Waals surface area (Å²) in [6.07, 6.45) is 3.28. The summed E-state index contributed by atoms with van der Waals surface area (Å²) in [6, 6.07) is 0. The maximum absolute atomic E-state index is 3.15. The highest BCUT2D eigenvalue weighted by molar-refractivity contribution is 5.00. The average Bonchev–Trinajstić information content (AvgIpc) is 2.00. The van der Waals surface area contributed by atoms with Crippen LogP contribution in [0.15, 0.2) is 11.8 Å². The Labute approximate surface area is 70.1 Å². The number of nitrogens with one attached hydrogen (secondary N) is 2. The summed E-state index contributed by atoms with van der Waals surface area (Å²) < 4.78 is 0. The van der Waals surface area contributed by atoms with Crippen LogP contribution in [0.5, 0.6) is 0 Å². The Morgan fingerprint density at radius 2 is 2.09 bits per heavy atom. The molecule has 0 spiro atoms. The molecule has 11 heavy (non-hydrogen) atoms. The van der Waals surface area contributed by atoms with Gasteiger partial charge in [0.25, 0.3) is 0 Å². The van der Waals surface area contributed by atoms with Crippen molar-refractivity contribution in [1.29, 1.82) is 0 Å². The molecule has 66 valence electrons. The molecule has 1 unspecified atom stereocenters. The summed E-state index contributed by atoms with van der Waals surface area (Å²) in [5, 5.41) is 6.19. The molecule has 0 saturated carbocycles. The van der Waals surface area contributed by atoms with Crippen molar-refractivity contribution in [1.82, 2.24) is 10.6 Å². The molecule has 0 aliphatic carbocycles. The number of hydrogen-bond acceptors (Lipinski definition) is 2. The lowest BCUT2D eigenvalue weighted by molar-refractivity contribution is 0.581. The van der Waals surface area contributed by atoms with Crippen LogP contribution in [0.4, 0.5) is 0 Å². The van der Waals surface area contributed by atoms with Crippen molar-refractivity contribution in [2.75, 3.05) is 20.6 Å². The fourth-order valence-corrected chi connectivity index (χ4v) is 0.958. The molecule has 1 atom stereocenters. The lowest BCUT2D eigenvalue weighted by Gasteiger charge is -2.11. The zero-order valence-corrected chi connectivity index (χ0v) is 8.07. The van der Waals surface area contributed by atoms with Gasteiger partial charge in [0.05, 0.1) is 0 Å². The molecule has 0 fully saturated rings. The normalized spacial score (nSPS) is 14.7. The zero-order valence-electron chi connectivity index (χ0n) is 8.07. The van der Waals surface area contributed by atoms with Crippen LogP contribution in [-0.4, -0.2) is 20.6 Å². The Balaban J connectivity index is 3.63. The fourth-order valence-electron chi connectivity index (χ4n) is 0.958. The van der Waals surface area contributed by atoms with Gasteiger partial charge in [0.2, 0.25) is 0 Å². The minimum Gasteiger partial charge on any atom is -0.394 e. The second-order valence-electron chi connectivity index (χ2n) is 2.97. The SMILES string of the molecule is CN/C=C(\C)C(C)CCNC. The predicted molar refractivity (Wildman–Crippen MR) is 50.5 cm³/mol. The van der Waals surface area contributed by atoms with E-state index in [0.29, 0.717) is 5.92 Å². The van der Waals surface area contributed by atoms with E-state index in [1.807, 2.05) is 14.1 Å². The highest BCUT2D eigenvalue weighted by Gasteiger charge is 2.01. The van der Waals surface area contributed by atoms with Crippen molar-refractivity contribution in [2.45, 2.75) is 20.3 Å². The van der Waals surface area contributed by atoms with Gasteiger partial charge in [-0.3, -0.25) is 0 Å². The van der Waals surface area contributed by atoms with Crippen LogP contribution in [0.25, 0.3) is 0 Å². The molecule has 2 heteroatoms. The van der Waals surface area contributed by atoms with Gasteiger partial charge in [-0.05, 0) is 39.1 Å². The van der Waals surface area contributed by atoms with Crippen LogP contribution in [0.3, 0.4) is 0 Å². The maximum atomic E-state index is 3.15. The fraction of sp³-hybridized carbons (Fsp3) is 0.778. The summed E-state index contributed by atoms with van der Waals surface area (Å²) in [5.74, 6) is 0.676. The Hall–Kier alpha value is -0.500. The first-order valence-corrected chi connectivity index (χ1v) is 4.21. The topological polar surface area (TPSA) is 24.1 Å². The second kappa shape index (κ2) is 6.23. The third-order valence-corrected chi connectivity index (χ3v) is 1.98. The van der Waals surface area contributed by atoms with Crippen LogP contribution in [-0.2, 0) is 0 Å². The van der Waals surface area contributed by atoms with Crippen molar-refractivity contribution in [3.63, 3.8) is 0 Å². The molecule has 0 amide bonds. The smallest absolute Gasteiger partial charge is 0.00276 e. The molecule has 0 aromatic rings. The van der Waals surface area contributed by atoms with Crippen LogP contribution in [0.1, 0.15) is 20.3 Å². The third-order valence-electron chi connectivity index (χ3n) is 1.98. The highest BCUT2D eigenvalue weighted by Crippen LogP contribution is 2.11. The number of hydrogen-bond donors (Lipinski definition) is 2. The van der Waals surface area contributed by atoms with E-state index in [2.05, 4.69) is 30.7 Å². The molecule has 0 saturated heterocycles. The van der Waals surface area contributed by atoms with Crippen molar-refractivity contribution in [3.05, 3.63) is 11.8 Å². The van der Waals surface area contributed by atoms with Crippen LogP contribution < -0.4 is 10.6 Å². The molecular formula is C9H20N2. The molecule has 0 bridgehead atoms. The molecule has 2 nitrogen and oxygen atoms in total. The standard InChI is InChI=1S/C9H20N2/c1-8(5-6-10-3)9(2)7-11-4/h7-8,10-11H,5-6H2,1-4H3/b9-7+. The van der Waals surface area contributed by atoms with Gasteiger partial charge < -0.3 is 10.6 Å². The van der Waals surface area contributed by atoms with E-state index in [1.54, 1.807) is 0 Å². The van der Waals surface area contributed by atoms with E-state index in [9.17, 15) is 0 Å². The molecule has 0 aliphatic heterocycles. The Morgan fingerprint density at radius 1 is 1.45 bits per heavy atom. The van der Waals surface area contributed by atoms with Crippen LogP contribution in [0.2, 0.25) is 0 Å². The van der Waals surface area contributed by atoms with Gasteiger partial charge >= 0.3 is 0 Å². The summed E-state index contributed by atoms with van der Waals surface area (Å²) in [6.45, 7) is 5.51. The summed E-state index contributed by atoms with van der Waals surface area (Å²) in [4.78, 5) is 0. The Kier molecular flexibility index (Phi) is 5.94. The van der Waals surface area contributed by atoms with Gasteiger partial charge in [-0.15, -0.1) is 0 Å². The van der Waals surface area contributed by atoms with E-state index in [1.165, 1.54) is 12.0 Å². The van der Waals surface area contributed by atoms with Gasteiger partial charge in [-0.25, -0.2) is 0 Å². The molecular weight excluding hydrogens is 136 g/mol. The minimum atomic E-state index is 0.676. The van der Waals surface area contributed by atoms with Crippen molar-refractivity contribution >= 4 is 0 Å². The van der Waals surface area contributed by atoms with Gasteiger partial charge in [0, 0.05) is 7.05 Å². The van der Waals surface area contributed by atoms with Crippen LogP contribution >= 0.6 is 0 Å².